The summed E-state index contributed by atoms with van der Waals surface area (Å²) >= 11 is 5.99. The number of ether oxygens (including phenoxy) is 2. The van der Waals surface area contributed by atoms with E-state index in [9.17, 15) is 24.6 Å². The summed E-state index contributed by atoms with van der Waals surface area (Å²) < 4.78 is 11.5. The molecule has 0 bridgehead atoms. The molecule has 2 aliphatic rings. The Morgan fingerprint density at radius 2 is 1.97 bits per heavy atom. The quantitative estimate of drug-likeness (QED) is 0.459. The van der Waals surface area contributed by atoms with Gasteiger partial charge in [0, 0.05) is 41.7 Å². The van der Waals surface area contributed by atoms with E-state index in [1.165, 1.54) is 25.0 Å². The van der Waals surface area contributed by atoms with Crippen LogP contribution in [0, 0.1) is 0 Å². The third-order valence-electron chi connectivity index (χ3n) is 6.44. The maximum absolute atomic E-state index is 13.2. The highest BCUT2D eigenvalue weighted by atomic mass is 35.5. The van der Waals surface area contributed by atoms with Crippen LogP contribution < -0.4 is 14.8 Å². The average Bonchev–Trinajstić information content (AvgIpc) is 3.26. The van der Waals surface area contributed by atoms with Crippen LogP contribution in [0.5, 0.6) is 11.5 Å². The fourth-order valence-corrected chi connectivity index (χ4v) is 4.90. The summed E-state index contributed by atoms with van der Waals surface area (Å²) in [6.45, 7) is 1.32. The summed E-state index contributed by atoms with van der Waals surface area (Å²) in [5.41, 5.74) is 1.90. The van der Waals surface area contributed by atoms with E-state index in [0.29, 0.717) is 33.9 Å². The molecule has 0 spiro atoms. The summed E-state index contributed by atoms with van der Waals surface area (Å²) in [6, 6.07) is 9.21. The van der Waals surface area contributed by atoms with Crippen LogP contribution in [-0.4, -0.2) is 71.7 Å². The Kier molecular flexibility index (Phi) is 7.63. The van der Waals surface area contributed by atoms with E-state index in [2.05, 4.69) is 5.32 Å². The van der Waals surface area contributed by atoms with Crippen LogP contribution in [0.4, 0.5) is 0 Å². The minimum atomic E-state index is -1.20. The number of nitrogens with one attached hydrogen (secondary N) is 1. The standard InChI is InChI=1S/C26H27ClN2O7/c1-14(32)29(12-15-3-5-17(27)6-4-15)20-11-19(26(34)28-7-8-30)22-18-9-16(13-31)10-21(35-2)24(18)36-25(22)23(20)33/h3-6,9-11,13,20,22-23,25,30,33H,7-8,12H2,1-2H3,(H,28,34). The van der Waals surface area contributed by atoms with Crippen molar-refractivity contribution in [3.63, 3.8) is 0 Å². The highest BCUT2D eigenvalue weighted by Gasteiger charge is 2.51. The highest BCUT2D eigenvalue weighted by Crippen LogP contribution is 2.51. The van der Waals surface area contributed by atoms with Gasteiger partial charge in [-0.25, -0.2) is 0 Å². The lowest BCUT2D eigenvalue weighted by molar-refractivity contribution is -0.135. The van der Waals surface area contributed by atoms with Crippen LogP contribution in [0.25, 0.3) is 0 Å². The molecule has 10 heteroatoms. The summed E-state index contributed by atoms with van der Waals surface area (Å²) in [6.07, 6.45) is 0.107. The smallest absolute Gasteiger partial charge is 0.247 e. The second kappa shape index (κ2) is 10.7. The van der Waals surface area contributed by atoms with E-state index in [1.54, 1.807) is 36.4 Å². The van der Waals surface area contributed by atoms with Gasteiger partial charge in [0.05, 0.1) is 25.7 Å². The first-order chi connectivity index (χ1) is 17.3. The van der Waals surface area contributed by atoms with Crippen LogP contribution in [0.1, 0.15) is 34.3 Å². The van der Waals surface area contributed by atoms with Gasteiger partial charge in [0.1, 0.15) is 18.5 Å². The maximum atomic E-state index is 13.2. The first-order valence-electron chi connectivity index (χ1n) is 11.4. The maximum Gasteiger partial charge on any atom is 0.247 e. The predicted molar refractivity (Wildman–Crippen MR) is 131 cm³/mol. The SMILES string of the molecule is COc1cc(C=O)cc2c1OC1C2C(C(=O)NCCO)=CC(N(Cc2ccc(Cl)cc2)C(C)=O)C1O. The number of aliphatic hydroxyl groups is 2. The lowest BCUT2D eigenvalue weighted by Gasteiger charge is -2.40. The molecule has 2 amide bonds. The van der Waals surface area contributed by atoms with Gasteiger partial charge >= 0.3 is 0 Å². The predicted octanol–water partition coefficient (Wildman–Crippen LogP) is 1.83. The molecule has 0 fully saturated rings. The first-order valence-corrected chi connectivity index (χ1v) is 11.8. The number of hydrogen-bond donors (Lipinski definition) is 3. The molecule has 190 valence electrons. The molecule has 0 saturated heterocycles. The number of rotatable bonds is 8. The summed E-state index contributed by atoms with van der Waals surface area (Å²) in [7, 11) is 1.43. The van der Waals surface area contributed by atoms with Crippen molar-refractivity contribution < 1.29 is 34.1 Å². The Hall–Kier alpha value is -3.40. The summed E-state index contributed by atoms with van der Waals surface area (Å²) in [5.74, 6) is -0.880. The van der Waals surface area contributed by atoms with E-state index in [4.69, 9.17) is 21.1 Å². The highest BCUT2D eigenvalue weighted by molar-refractivity contribution is 6.30. The van der Waals surface area contributed by atoms with Gasteiger partial charge in [-0.2, -0.15) is 0 Å². The van der Waals surface area contributed by atoms with Crippen molar-refractivity contribution in [2.45, 2.75) is 37.6 Å². The Labute approximate surface area is 213 Å². The van der Waals surface area contributed by atoms with E-state index >= 15 is 0 Å². The molecule has 0 saturated carbocycles. The fraction of sp³-hybridized carbons (Fsp3) is 0.346. The number of carbonyl (C=O) groups excluding carboxylic acids is 3. The number of aliphatic hydroxyl groups excluding tert-OH is 2. The van der Waals surface area contributed by atoms with Crippen LogP contribution in [0.15, 0.2) is 48.0 Å². The minimum absolute atomic E-state index is 0.0212. The van der Waals surface area contributed by atoms with Gasteiger partial charge in [0.25, 0.3) is 0 Å². The second-order valence-electron chi connectivity index (χ2n) is 8.68. The van der Waals surface area contributed by atoms with Crippen LogP contribution in [0.3, 0.4) is 0 Å². The lowest BCUT2D eigenvalue weighted by Crippen LogP contribution is -2.55. The lowest BCUT2D eigenvalue weighted by atomic mass is 9.77. The van der Waals surface area contributed by atoms with Crippen molar-refractivity contribution in [3.05, 3.63) is 69.8 Å². The molecule has 9 nitrogen and oxygen atoms in total. The van der Waals surface area contributed by atoms with Gasteiger partial charge in [-0.15, -0.1) is 0 Å². The first kappa shape index (κ1) is 25.7. The zero-order valence-electron chi connectivity index (χ0n) is 19.8. The molecule has 4 atom stereocenters. The zero-order chi connectivity index (χ0) is 26.0. The number of halogens is 1. The van der Waals surface area contributed by atoms with Gasteiger partial charge in [0.2, 0.25) is 11.8 Å². The van der Waals surface area contributed by atoms with Gasteiger partial charge in [-0.3, -0.25) is 14.4 Å². The number of benzene rings is 2. The van der Waals surface area contributed by atoms with Gasteiger partial charge in [0.15, 0.2) is 11.5 Å². The number of aldehydes is 1. The number of amides is 2. The minimum Gasteiger partial charge on any atom is -0.493 e. The second-order valence-corrected chi connectivity index (χ2v) is 9.11. The summed E-state index contributed by atoms with van der Waals surface area (Å²) in [5, 5.41) is 23.9. The third-order valence-corrected chi connectivity index (χ3v) is 6.69. The molecule has 0 radical (unpaired) electrons. The number of hydrogen-bond acceptors (Lipinski definition) is 7. The van der Waals surface area contributed by atoms with Crippen molar-refractivity contribution >= 4 is 29.7 Å². The molecule has 1 heterocycles. The number of carbonyl (C=O) groups is 3. The normalized spacial score (nSPS) is 22.0. The van der Waals surface area contributed by atoms with Gasteiger partial charge in [-0.1, -0.05) is 23.7 Å². The Morgan fingerprint density at radius 1 is 1.25 bits per heavy atom. The number of fused-ring (bicyclic) bond motifs is 3. The number of nitrogens with zero attached hydrogens (tertiary/aromatic N) is 1. The van der Waals surface area contributed by atoms with Crippen molar-refractivity contribution in [1.82, 2.24) is 10.2 Å². The zero-order valence-corrected chi connectivity index (χ0v) is 20.6. The largest absolute Gasteiger partial charge is 0.493 e. The molecule has 1 aliphatic carbocycles. The molecular weight excluding hydrogens is 488 g/mol. The van der Waals surface area contributed by atoms with E-state index in [-0.39, 0.29) is 31.2 Å². The van der Waals surface area contributed by atoms with Crippen LogP contribution in [0.2, 0.25) is 5.02 Å². The third kappa shape index (κ3) is 4.82. The molecule has 0 aromatic heterocycles. The fourth-order valence-electron chi connectivity index (χ4n) is 4.77. The molecule has 2 aromatic carbocycles. The monoisotopic (exact) mass is 514 g/mol. The number of methoxy groups -OCH3 is 1. The van der Waals surface area contributed by atoms with Crippen molar-refractivity contribution in [3.8, 4) is 11.5 Å². The van der Waals surface area contributed by atoms with Gasteiger partial charge in [-0.05, 0) is 35.9 Å². The molecule has 4 rings (SSSR count). The van der Waals surface area contributed by atoms with Crippen LogP contribution in [-0.2, 0) is 16.1 Å². The molecule has 3 N–H and O–H groups in total. The molecular formula is C26H27ClN2O7. The molecule has 36 heavy (non-hydrogen) atoms. The molecule has 2 aromatic rings. The van der Waals surface area contributed by atoms with Crippen molar-refractivity contribution in [2.24, 2.45) is 0 Å². The molecule has 1 aliphatic heterocycles. The van der Waals surface area contributed by atoms with E-state index < -0.39 is 30.1 Å². The summed E-state index contributed by atoms with van der Waals surface area (Å²) in [4.78, 5) is 39.0. The van der Waals surface area contributed by atoms with Gasteiger partial charge < -0.3 is 29.9 Å². The topological polar surface area (TPSA) is 125 Å². The van der Waals surface area contributed by atoms with Crippen molar-refractivity contribution in [1.29, 1.82) is 0 Å². The Balaban J connectivity index is 1.79. The Bertz CT molecular complexity index is 1200. The van der Waals surface area contributed by atoms with Crippen LogP contribution >= 0.6 is 11.6 Å². The molecule has 4 unspecified atom stereocenters. The van der Waals surface area contributed by atoms with Crippen molar-refractivity contribution in [2.75, 3.05) is 20.3 Å². The average molecular weight is 515 g/mol. The van der Waals surface area contributed by atoms with E-state index in [0.717, 1.165) is 5.56 Å². The Morgan fingerprint density at radius 3 is 2.58 bits per heavy atom. The van der Waals surface area contributed by atoms with E-state index in [1.807, 2.05) is 0 Å².